The molecule has 100 valence electrons. The number of hydrogen-bond donors (Lipinski definition) is 1. The van der Waals surface area contributed by atoms with Gasteiger partial charge >= 0.3 is 0 Å². The predicted octanol–water partition coefficient (Wildman–Crippen LogP) is 3.76. The molecule has 0 saturated heterocycles. The van der Waals surface area contributed by atoms with E-state index in [0.29, 0.717) is 6.54 Å². The van der Waals surface area contributed by atoms with Crippen LogP contribution in [-0.4, -0.2) is 9.91 Å². The number of nitro groups is 1. The molecule has 8 heteroatoms. The second kappa shape index (κ2) is 5.50. The SMILES string of the molecule is Cc1ncc(CNc2cc(F)c(Cl)cc2[N+](=O)[O-])s1. The van der Waals surface area contributed by atoms with E-state index in [1.54, 1.807) is 6.20 Å². The van der Waals surface area contributed by atoms with Crippen LogP contribution in [0.25, 0.3) is 0 Å². The second-order valence-corrected chi connectivity index (χ2v) is 5.47. The molecular weight excluding hydrogens is 293 g/mol. The molecule has 0 fully saturated rings. The lowest BCUT2D eigenvalue weighted by atomic mass is 10.2. The van der Waals surface area contributed by atoms with Crippen molar-refractivity contribution in [3.05, 3.63) is 49.2 Å². The van der Waals surface area contributed by atoms with Crippen LogP contribution in [0.3, 0.4) is 0 Å². The zero-order valence-electron chi connectivity index (χ0n) is 9.81. The maximum absolute atomic E-state index is 13.3. The molecule has 5 nitrogen and oxygen atoms in total. The summed E-state index contributed by atoms with van der Waals surface area (Å²) in [7, 11) is 0. The number of nitrogens with zero attached hydrogens (tertiary/aromatic N) is 2. The van der Waals surface area contributed by atoms with Crippen molar-refractivity contribution in [1.82, 2.24) is 4.98 Å². The number of nitrogens with one attached hydrogen (secondary N) is 1. The lowest BCUT2D eigenvalue weighted by Crippen LogP contribution is -2.02. The quantitative estimate of drug-likeness (QED) is 0.689. The third kappa shape index (κ3) is 3.18. The molecule has 0 bridgehead atoms. The van der Waals surface area contributed by atoms with Crippen molar-refractivity contribution >= 4 is 34.3 Å². The summed E-state index contributed by atoms with van der Waals surface area (Å²) in [5.74, 6) is -0.699. The maximum atomic E-state index is 13.3. The highest BCUT2D eigenvalue weighted by atomic mass is 35.5. The molecule has 0 saturated carbocycles. The van der Waals surface area contributed by atoms with Crippen molar-refractivity contribution in [2.45, 2.75) is 13.5 Å². The number of anilines is 1. The zero-order chi connectivity index (χ0) is 14.0. The Morgan fingerprint density at radius 3 is 2.89 bits per heavy atom. The number of thiazole rings is 1. The van der Waals surface area contributed by atoms with E-state index < -0.39 is 10.7 Å². The lowest BCUT2D eigenvalue weighted by Gasteiger charge is -2.06. The smallest absolute Gasteiger partial charge is 0.294 e. The topological polar surface area (TPSA) is 68.1 Å². The van der Waals surface area contributed by atoms with Gasteiger partial charge in [0, 0.05) is 23.2 Å². The summed E-state index contributed by atoms with van der Waals surface area (Å²) in [5, 5.41) is 14.3. The molecule has 2 rings (SSSR count). The van der Waals surface area contributed by atoms with Gasteiger partial charge in [-0.25, -0.2) is 9.37 Å². The van der Waals surface area contributed by atoms with Crippen molar-refractivity contribution < 1.29 is 9.31 Å². The molecule has 1 aromatic carbocycles. The van der Waals surface area contributed by atoms with Crippen molar-refractivity contribution in [2.75, 3.05) is 5.32 Å². The number of rotatable bonds is 4. The average Bonchev–Trinajstić information content (AvgIpc) is 2.76. The van der Waals surface area contributed by atoms with E-state index in [0.717, 1.165) is 22.0 Å². The first-order chi connectivity index (χ1) is 8.97. The third-order valence-corrected chi connectivity index (χ3v) is 3.56. The Kier molecular flexibility index (Phi) is 3.96. The first-order valence-electron chi connectivity index (χ1n) is 5.26. The number of aromatic nitrogens is 1. The summed E-state index contributed by atoms with van der Waals surface area (Å²) in [6, 6.07) is 2.02. The number of benzene rings is 1. The lowest BCUT2D eigenvalue weighted by molar-refractivity contribution is -0.384. The molecule has 0 unspecified atom stereocenters. The number of nitro benzene ring substituents is 1. The summed E-state index contributed by atoms with van der Waals surface area (Å²) >= 11 is 7.00. The van der Waals surface area contributed by atoms with Gasteiger partial charge in [0.15, 0.2) is 0 Å². The summed E-state index contributed by atoms with van der Waals surface area (Å²) in [6.45, 7) is 2.20. The molecule has 0 spiro atoms. The van der Waals surface area contributed by atoms with Gasteiger partial charge in [-0.2, -0.15) is 0 Å². The Morgan fingerprint density at radius 1 is 1.58 bits per heavy atom. The van der Waals surface area contributed by atoms with Gasteiger partial charge in [0.25, 0.3) is 5.69 Å². The van der Waals surface area contributed by atoms with Gasteiger partial charge in [0.1, 0.15) is 11.5 Å². The predicted molar refractivity (Wildman–Crippen MR) is 72.2 cm³/mol. The van der Waals surface area contributed by atoms with Crippen LogP contribution >= 0.6 is 22.9 Å². The van der Waals surface area contributed by atoms with Crippen LogP contribution in [0.2, 0.25) is 5.02 Å². The van der Waals surface area contributed by atoms with Gasteiger partial charge in [0.05, 0.1) is 21.5 Å². The maximum Gasteiger partial charge on any atom is 0.294 e. The van der Waals surface area contributed by atoms with Crippen molar-refractivity contribution in [3.63, 3.8) is 0 Å². The fourth-order valence-corrected chi connectivity index (χ4v) is 2.39. The molecule has 0 amide bonds. The molecule has 19 heavy (non-hydrogen) atoms. The number of hydrogen-bond acceptors (Lipinski definition) is 5. The minimum Gasteiger partial charge on any atom is -0.374 e. The normalized spacial score (nSPS) is 10.5. The summed E-state index contributed by atoms with van der Waals surface area (Å²) in [5.41, 5.74) is -0.161. The van der Waals surface area contributed by atoms with E-state index in [2.05, 4.69) is 10.3 Å². The molecule has 0 radical (unpaired) electrons. The van der Waals surface area contributed by atoms with E-state index in [4.69, 9.17) is 11.6 Å². The molecule has 0 aliphatic heterocycles. The monoisotopic (exact) mass is 301 g/mol. The van der Waals surface area contributed by atoms with Crippen LogP contribution in [0.4, 0.5) is 15.8 Å². The van der Waals surface area contributed by atoms with Crippen LogP contribution in [-0.2, 0) is 6.54 Å². The van der Waals surface area contributed by atoms with Gasteiger partial charge in [-0.3, -0.25) is 10.1 Å². The van der Waals surface area contributed by atoms with Crippen LogP contribution in [0, 0.1) is 22.9 Å². The first kappa shape index (κ1) is 13.7. The molecule has 1 heterocycles. The average molecular weight is 302 g/mol. The number of aryl methyl sites for hydroxylation is 1. The van der Waals surface area contributed by atoms with E-state index in [1.165, 1.54) is 11.3 Å². The van der Waals surface area contributed by atoms with E-state index in [9.17, 15) is 14.5 Å². The Morgan fingerprint density at radius 2 is 2.32 bits per heavy atom. The largest absolute Gasteiger partial charge is 0.374 e. The molecule has 1 aromatic heterocycles. The van der Waals surface area contributed by atoms with Crippen LogP contribution in [0.5, 0.6) is 0 Å². The fourth-order valence-electron chi connectivity index (χ4n) is 1.50. The van der Waals surface area contributed by atoms with Gasteiger partial charge in [-0.05, 0) is 6.92 Å². The molecule has 2 aromatic rings. The highest BCUT2D eigenvalue weighted by Gasteiger charge is 2.17. The minimum atomic E-state index is -0.699. The number of halogens is 2. The zero-order valence-corrected chi connectivity index (χ0v) is 11.4. The van der Waals surface area contributed by atoms with Crippen LogP contribution in [0.15, 0.2) is 18.3 Å². The Balaban J connectivity index is 2.23. The van der Waals surface area contributed by atoms with Gasteiger partial charge in [-0.1, -0.05) is 11.6 Å². The summed E-state index contributed by atoms with van der Waals surface area (Å²) < 4.78 is 13.3. The van der Waals surface area contributed by atoms with E-state index >= 15 is 0 Å². The molecule has 0 atom stereocenters. The van der Waals surface area contributed by atoms with Gasteiger partial charge in [-0.15, -0.1) is 11.3 Å². The van der Waals surface area contributed by atoms with E-state index in [-0.39, 0.29) is 16.4 Å². The van der Waals surface area contributed by atoms with Gasteiger partial charge < -0.3 is 5.32 Å². The second-order valence-electron chi connectivity index (χ2n) is 3.74. The van der Waals surface area contributed by atoms with Crippen molar-refractivity contribution in [1.29, 1.82) is 0 Å². The van der Waals surface area contributed by atoms with Gasteiger partial charge in [0.2, 0.25) is 0 Å². The van der Waals surface area contributed by atoms with Crippen molar-refractivity contribution in [3.8, 4) is 0 Å². The molecule has 0 aliphatic rings. The Labute approximate surface area is 117 Å². The van der Waals surface area contributed by atoms with Crippen molar-refractivity contribution in [2.24, 2.45) is 0 Å². The van der Waals surface area contributed by atoms with Crippen LogP contribution in [0.1, 0.15) is 9.88 Å². The Bertz CT molecular complexity index is 632. The molecular formula is C11H9ClFN3O2S. The highest BCUT2D eigenvalue weighted by Crippen LogP contribution is 2.30. The van der Waals surface area contributed by atoms with Crippen LogP contribution < -0.4 is 5.32 Å². The first-order valence-corrected chi connectivity index (χ1v) is 6.45. The fraction of sp³-hybridized carbons (Fsp3) is 0.182. The molecule has 0 aliphatic carbocycles. The molecule has 1 N–H and O–H groups in total. The highest BCUT2D eigenvalue weighted by molar-refractivity contribution is 7.11. The third-order valence-electron chi connectivity index (χ3n) is 2.36. The minimum absolute atomic E-state index is 0.0953. The Hall–Kier alpha value is -1.73. The standard InChI is InChI=1S/C11H9ClFN3O2S/c1-6-14-4-7(19-6)5-15-10-3-9(13)8(12)2-11(10)16(17)18/h2-4,15H,5H2,1H3. The van der Waals surface area contributed by atoms with E-state index in [1.807, 2.05) is 6.92 Å². The summed E-state index contributed by atoms with van der Waals surface area (Å²) in [4.78, 5) is 15.2. The summed E-state index contributed by atoms with van der Waals surface area (Å²) in [6.07, 6.45) is 1.67.